The van der Waals surface area contributed by atoms with Crippen molar-refractivity contribution in [2.24, 2.45) is 4.99 Å². The number of fused-ring (bicyclic) bond motifs is 1. The van der Waals surface area contributed by atoms with Gasteiger partial charge in [0.15, 0.2) is 0 Å². The van der Waals surface area contributed by atoms with E-state index >= 15 is 0 Å². The topological polar surface area (TPSA) is 62.2 Å². The number of piperidine rings is 1. The highest BCUT2D eigenvalue weighted by molar-refractivity contribution is 6.30. The highest BCUT2D eigenvalue weighted by Crippen LogP contribution is 2.32. The zero-order valence-electron chi connectivity index (χ0n) is 18.5. The van der Waals surface area contributed by atoms with Crippen molar-refractivity contribution in [1.82, 2.24) is 9.80 Å². The molecule has 3 amide bonds. The second-order valence-corrected chi connectivity index (χ2v) is 8.47. The number of benzene rings is 2. The van der Waals surface area contributed by atoms with Crippen LogP contribution in [0.4, 0.5) is 13.6 Å². The third-order valence-corrected chi connectivity index (χ3v) is 6.39. The van der Waals surface area contributed by atoms with Gasteiger partial charge in [-0.1, -0.05) is 29.8 Å². The van der Waals surface area contributed by atoms with Gasteiger partial charge < -0.3 is 9.64 Å². The van der Waals surface area contributed by atoms with Crippen LogP contribution in [0.25, 0.3) is 5.57 Å². The minimum absolute atomic E-state index is 0.159. The van der Waals surface area contributed by atoms with Crippen LogP contribution in [0.5, 0.6) is 0 Å². The number of aliphatic imine (C=N–C) groups is 1. The number of imide groups is 1. The number of urea groups is 1. The summed E-state index contributed by atoms with van der Waals surface area (Å²) in [5.74, 6) is -0.972. The van der Waals surface area contributed by atoms with E-state index in [9.17, 15) is 18.4 Å². The van der Waals surface area contributed by atoms with E-state index in [1.165, 1.54) is 36.1 Å². The molecule has 174 valence electrons. The van der Waals surface area contributed by atoms with Crippen LogP contribution in [0, 0.1) is 11.6 Å². The first-order chi connectivity index (χ1) is 16.5. The molecule has 3 aliphatic rings. The van der Waals surface area contributed by atoms with Crippen molar-refractivity contribution in [3.05, 3.63) is 88.7 Å². The lowest BCUT2D eigenvalue weighted by Gasteiger charge is -2.32. The van der Waals surface area contributed by atoms with Gasteiger partial charge in [-0.15, -0.1) is 0 Å². The maximum atomic E-state index is 13.5. The van der Waals surface area contributed by atoms with Gasteiger partial charge in [0.1, 0.15) is 18.2 Å². The predicted molar refractivity (Wildman–Crippen MR) is 123 cm³/mol. The van der Waals surface area contributed by atoms with Gasteiger partial charge in [-0.25, -0.2) is 13.6 Å². The third kappa shape index (κ3) is 4.41. The number of amides is 3. The van der Waals surface area contributed by atoms with E-state index in [4.69, 9.17) is 4.74 Å². The molecule has 1 fully saturated rings. The van der Waals surface area contributed by atoms with Gasteiger partial charge in [-0.2, -0.15) is 4.99 Å². The van der Waals surface area contributed by atoms with Crippen LogP contribution < -0.4 is 0 Å². The van der Waals surface area contributed by atoms with Crippen LogP contribution in [0.3, 0.4) is 0 Å². The summed E-state index contributed by atoms with van der Waals surface area (Å²) in [6, 6.07) is 12.2. The minimum Gasteiger partial charge on any atom is -0.494 e. The van der Waals surface area contributed by atoms with E-state index in [0.29, 0.717) is 17.8 Å². The van der Waals surface area contributed by atoms with E-state index in [1.807, 2.05) is 0 Å². The predicted octanol–water partition coefficient (Wildman–Crippen LogP) is 4.18. The lowest BCUT2D eigenvalue weighted by molar-refractivity contribution is -0.124. The van der Waals surface area contributed by atoms with Crippen LogP contribution in [0.1, 0.15) is 24.0 Å². The molecule has 0 bridgehead atoms. The number of ether oxygens (including phenoxy) is 1. The number of halogens is 2. The average molecular weight is 463 g/mol. The van der Waals surface area contributed by atoms with E-state index in [1.54, 1.807) is 24.3 Å². The summed E-state index contributed by atoms with van der Waals surface area (Å²) in [5.41, 5.74) is 4.74. The Morgan fingerprint density at radius 3 is 2.06 bits per heavy atom. The highest BCUT2D eigenvalue weighted by atomic mass is 19.1. The molecular formula is C26H23F2N3O3. The Kier molecular flexibility index (Phi) is 6.06. The fourth-order valence-electron chi connectivity index (χ4n) is 4.57. The Bertz CT molecular complexity index is 1160. The number of rotatable bonds is 5. The summed E-state index contributed by atoms with van der Waals surface area (Å²) in [6.45, 7) is 2.46. The fourth-order valence-corrected chi connectivity index (χ4v) is 4.57. The third-order valence-electron chi connectivity index (χ3n) is 6.39. The quantitative estimate of drug-likeness (QED) is 0.668. The molecule has 6 nitrogen and oxygen atoms in total. The molecule has 2 aromatic carbocycles. The molecule has 3 aliphatic heterocycles. The van der Waals surface area contributed by atoms with Crippen molar-refractivity contribution in [2.75, 3.05) is 32.8 Å². The lowest BCUT2D eigenvalue weighted by Crippen LogP contribution is -2.46. The maximum absolute atomic E-state index is 13.5. The summed E-state index contributed by atoms with van der Waals surface area (Å²) in [4.78, 5) is 32.2. The van der Waals surface area contributed by atoms with E-state index in [2.05, 4.69) is 9.89 Å². The van der Waals surface area contributed by atoms with Crippen LogP contribution in [-0.4, -0.2) is 60.2 Å². The molecule has 8 heteroatoms. The van der Waals surface area contributed by atoms with Crippen molar-refractivity contribution in [1.29, 1.82) is 0 Å². The van der Waals surface area contributed by atoms with Gasteiger partial charge >= 0.3 is 6.03 Å². The number of hydrogen-bond acceptors (Lipinski definition) is 4. The van der Waals surface area contributed by atoms with E-state index in [-0.39, 0.29) is 30.7 Å². The lowest BCUT2D eigenvalue weighted by atomic mass is 9.88. The summed E-state index contributed by atoms with van der Waals surface area (Å²) < 4.78 is 32.2. The number of carbonyl (C=O) groups is 2. The molecule has 5 rings (SSSR count). The normalized spacial score (nSPS) is 18.4. The Labute approximate surface area is 195 Å². The molecule has 0 aromatic heterocycles. The smallest absolute Gasteiger partial charge is 0.350 e. The molecule has 3 heterocycles. The van der Waals surface area contributed by atoms with E-state index in [0.717, 1.165) is 47.5 Å². The summed E-state index contributed by atoms with van der Waals surface area (Å²) in [5, 5.41) is 0. The van der Waals surface area contributed by atoms with Crippen molar-refractivity contribution in [3.63, 3.8) is 0 Å². The minimum atomic E-state index is -0.546. The molecular weight excluding hydrogens is 440 g/mol. The summed E-state index contributed by atoms with van der Waals surface area (Å²) >= 11 is 0. The Morgan fingerprint density at radius 1 is 0.882 bits per heavy atom. The number of hydrogen-bond donors (Lipinski definition) is 0. The van der Waals surface area contributed by atoms with Gasteiger partial charge in [0, 0.05) is 26.2 Å². The van der Waals surface area contributed by atoms with Crippen LogP contribution in [0.15, 0.2) is 70.9 Å². The SMILES string of the molecule is O=C1N=C2COC=C2C(=O)N1CCN1CCC(=C(c2ccc(F)cc2)c2ccc(F)cc2)CC1. The van der Waals surface area contributed by atoms with Crippen LogP contribution in [-0.2, 0) is 9.53 Å². The standard InChI is InChI=1S/C26H23F2N3O3/c27-20-5-1-17(2-6-20)24(18-3-7-21(28)8-4-18)19-9-11-30(12-10-19)13-14-31-25(32)22-15-34-16-23(22)29-26(31)33/h1-8,15H,9-14,16H2. The summed E-state index contributed by atoms with van der Waals surface area (Å²) in [6.07, 6.45) is 2.91. The molecule has 0 aliphatic carbocycles. The molecule has 1 saturated heterocycles. The Balaban J connectivity index is 1.29. The molecule has 0 unspecified atom stereocenters. The second-order valence-electron chi connectivity index (χ2n) is 8.47. The average Bonchev–Trinajstić information content (AvgIpc) is 3.31. The van der Waals surface area contributed by atoms with Crippen molar-refractivity contribution in [3.8, 4) is 0 Å². The van der Waals surface area contributed by atoms with Crippen molar-refractivity contribution >= 4 is 23.2 Å². The molecule has 0 atom stereocenters. The largest absolute Gasteiger partial charge is 0.494 e. The van der Waals surface area contributed by atoms with Crippen LogP contribution in [0.2, 0.25) is 0 Å². The Morgan fingerprint density at radius 2 is 1.47 bits per heavy atom. The van der Waals surface area contributed by atoms with E-state index < -0.39 is 6.03 Å². The molecule has 34 heavy (non-hydrogen) atoms. The number of likely N-dealkylation sites (tertiary alicyclic amines) is 1. The van der Waals surface area contributed by atoms with Gasteiger partial charge in [0.25, 0.3) is 5.91 Å². The van der Waals surface area contributed by atoms with Gasteiger partial charge in [0.05, 0.1) is 17.5 Å². The first-order valence-corrected chi connectivity index (χ1v) is 11.2. The number of nitrogens with zero attached hydrogens (tertiary/aromatic N) is 3. The fraction of sp³-hybridized carbons (Fsp3) is 0.269. The molecule has 0 radical (unpaired) electrons. The van der Waals surface area contributed by atoms with Crippen molar-refractivity contribution < 1.29 is 23.1 Å². The second kappa shape index (κ2) is 9.30. The molecule has 0 spiro atoms. The molecule has 0 saturated carbocycles. The van der Waals surface area contributed by atoms with Gasteiger partial charge in [-0.3, -0.25) is 9.69 Å². The van der Waals surface area contributed by atoms with Gasteiger partial charge in [-0.05, 0) is 53.8 Å². The summed E-state index contributed by atoms with van der Waals surface area (Å²) in [7, 11) is 0. The first kappa shape index (κ1) is 22.2. The van der Waals surface area contributed by atoms with Crippen LogP contribution >= 0.6 is 0 Å². The Hall–Kier alpha value is -3.65. The van der Waals surface area contributed by atoms with Crippen molar-refractivity contribution in [2.45, 2.75) is 12.8 Å². The van der Waals surface area contributed by atoms with Gasteiger partial charge in [0.2, 0.25) is 0 Å². The zero-order chi connectivity index (χ0) is 23.7. The highest BCUT2D eigenvalue weighted by Gasteiger charge is 2.35. The molecule has 0 N–H and O–H groups in total. The number of carbonyl (C=O) groups excluding carboxylic acids is 2. The zero-order valence-corrected chi connectivity index (χ0v) is 18.5. The molecule has 2 aromatic rings. The maximum Gasteiger partial charge on any atom is 0.350 e. The monoisotopic (exact) mass is 463 g/mol. The first-order valence-electron chi connectivity index (χ1n) is 11.2.